The summed E-state index contributed by atoms with van der Waals surface area (Å²) in [5.41, 5.74) is 5.95. The highest BCUT2D eigenvalue weighted by atomic mass is 35.5. The molecule has 4 aromatic rings. The van der Waals surface area contributed by atoms with E-state index in [1.54, 1.807) is 12.1 Å². The van der Waals surface area contributed by atoms with Gasteiger partial charge in [-0.2, -0.15) is 0 Å². The summed E-state index contributed by atoms with van der Waals surface area (Å²) in [6, 6.07) is 20.2. The second-order valence-corrected chi connectivity index (χ2v) is 10.3. The zero-order valence-corrected chi connectivity index (χ0v) is 21.9. The molecule has 1 aliphatic rings. The second-order valence-electron chi connectivity index (χ2n) is 9.11. The first kappa shape index (κ1) is 24.2. The van der Waals surface area contributed by atoms with Gasteiger partial charge in [-0.15, -0.1) is 0 Å². The Morgan fingerprint density at radius 2 is 1.69 bits per heavy atom. The second kappa shape index (κ2) is 10.3. The van der Waals surface area contributed by atoms with Crippen LogP contribution in [0, 0.1) is 6.92 Å². The molecular formula is C29H26Cl3NO2. The largest absolute Gasteiger partial charge is 0.489 e. The van der Waals surface area contributed by atoms with Gasteiger partial charge in [0.15, 0.2) is 0 Å². The van der Waals surface area contributed by atoms with Crippen LogP contribution in [0.2, 0.25) is 15.1 Å². The minimum atomic E-state index is 0.279. The molecule has 0 amide bonds. The molecule has 1 aromatic heterocycles. The van der Waals surface area contributed by atoms with E-state index >= 15 is 0 Å². The molecule has 0 bridgehead atoms. The first-order valence-electron chi connectivity index (χ1n) is 11.9. The number of rotatable bonds is 8. The molecule has 180 valence electrons. The number of nitrogens with zero attached hydrogens (tertiary/aromatic N) is 1. The third-order valence-electron chi connectivity index (χ3n) is 6.60. The van der Waals surface area contributed by atoms with Crippen LogP contribution in [0.1, 0.15) is 59.6 Å². The zero-order valence-electron chi connectivity index (χ0n) is 19.7. The third kappa shape index (κ3) is 5.09. The minimum Gasteiger partial charge on any atom is -0.489 e. The van der Waals surface area contributed by atoms with E-state index in [2.05, 4.69) is 49.3 Å². The van der Waals surface area contributed by atoms with E-state index < -0.39 is 0 Å². The van der Waals surface area contributed by atoms with Crippen LogP contribution in [-0.2, 0) is 13.0 Å². The lowest BCUT2D eigenvalue weighted by Gasteiger charge is -2.11. The molecule has 0 N–H and O–H groups in total. The molecule has 1 aliphatic carbocycles. The average Bonchev–Trinajstić information content (AvgIpc) is 3.53. The molecule has 1 fully saturated rings. The van der Waals surface area contributed by atoms with Gasteiger partial charge in [0, 0.05) is 17.0 Å². The van der Waals surface area contributed by atoms with Crippen molar-refractivity contribution in [3.05, 3.63) is 104 Å². The van der Waals surface area contributed by atoms with Crippen LogP contribution >= 0.6 is 34.8 Å². The lowest BCUT2D eigenvalue weighted by molar-refractivity contribution is 0.300. The van der Waals surface area contributed by atoms with Crippen molar-refractivity contribution in [1.82, 2.24) is 5.16 Å². The first-order chi connectivity index (χ1) is 17.0. The summed E-state index contributed by atoms with van der Waals surface area (Å²) in [7, 11) is 0. The van der Waals surface area contributed by atoms with Gasteiger partial charge in [-0.25, -0.2) is 0 Å². The zero-order chi connectivity index (χ0) is 24.5. The van der Waals surface area contributed by atoms with E-state index in [-0.39, 0.29) is 6.61 Å². The molecule has 2 atom stereocenters. The summed E-state index contributed by atoms with van der Waals surface area (Å²) >= 11 is 19.6. The van der Waals surface area contributed by atoms with Gasteiger partial charge in [0.1, 0.15) is 23.8 Å². The van der Waals surface area contributed by atoms with Gasteiger partial charge in [0.25, 0.3) is 0 Å². The summed E-state index contributed by atoms with van der Waals surface area (Å²) in [5, 5.41) is 6.07. The molecule has 3 aromatic carbocycles. The summed E-state index contributed by atoms with van der Waals surface area (Å²) in [6.07, 6.45) is 2.78. The van der Waals surface area contributed by atoms with E-state index in [0.29, 0.717) is 38.9 Å². The van der Waals surface area contributed by atoms with Gasteiger partial charge in [-0.1, -0.05) is 88.8 Å². The molecule has 0 radical (unpaired) electrons. The highest BCUT2D eigenvalue weighted by Crippen LogP contribution is 2.56. The van der Waals surface area contributed by atoms with E-state index in [4.69, 9.17) is 44.1 Å². The maximum absolute atomic E-state index is 6.71. The number of ether oxygens (including phenoxy) is 1. The van der Waals surface area contributed by atoms with Crippen LogP contribution in [0.15, 0.2) is 65.2 Å². The van der Waals surface area contributed by atoms with Crippen LogP contribution < -0.4 is 4.74 Å². The van der Waals surface area contributed by atoms with Gasteiger partial charge >= 0.3 is 0 Å². The lowest BCUT2D eigenvalue weighted by atomic mass is 10.0. The Kier molecular flexibility index (Phi) is 7.11. The van der Waals surface area contributed by atoms with Crippen molar-refractivity contribution in [3.8, 4) is 17.0 Å². The predicted octanol–water partition coefficient (Wildman–Crippen LogP) is 9.41. The highest BCUT2D eigenvalue weighted by Gasteiger charge is 2.40. The Labute approximate surface area is 221 Å². The SMILES string of the molecule is CCCc1onc(-c2c(Cl)cccc2Cl)c1COc1ccc(C2CC2c2ccc(C)cc2)c(Cl)c1. The smallest absolute Gasteiger partial charge is 0.143 e. The standard InChI is InChI=1S/C29H26Cl3NO2/c1-3-5-27-23(29(33-35-27)28-24(30)6-4-7-25(28)31)16-34-19-12-13-20(26(32)14-19)22-15-21(22)18-10-8-17(2)9-11-18/h4,6-14,21-22H,3,5,15-16H2,1-2H3. The minimum absolute atomic E-state index is 0.279. The van der Waals surface area contributed by atoms with Crippen molar-refractivity contribution in [3.63, 3.8) is 0 Å². The topological polar surface area (TPSA) is 35.3 Å². The van der Waals surface area contributed by atoms with Gasteiger partial charge < -0.3 is 9.26 Å². The van der Waals surface area contributed by atoms with Crippen LogP contribution in [0.5, 0.6) is 5.75 Å². The fourth-order valence-corrected chi connectivity index (χ4v) is 5.50. The fourth-order valence-electron chi connectivity index (χ4n) is 4.61. The van der Waals surface area contributed by atoms with Crippen molar-refractivity contribution >= 4 is 34.8 Å². The summed E-state index contributed by atoms with van der Waals surface area (Å²) in [6.45, 7) is 4.48. The Morgan fingerprint density at radius 1 is 0.943 bits per heavy atom. The Hall–Kier alpha value is -2.46. The normalized spacial score (nSPS) is 16.9. The van der Waals surface area contributed by atoms with E-state index in [1.165, 1.54) is 16.7 Å². The summed E-state index contributed by atoms with van der Waals surface area (Å²) in [4.78, 5) is 0. The molecule has 1 heterocycles. The molecule has 0 aliphatic heterocycles. The molecule has 3 nitrogen and oxygen atoms in total. The van der Waals surface area contributed by atoms with Crippen LogP contribution in [0.25, 0.3) is 11.3 Å². The molecule has 35 heavy (non-hydrogen) atoms. The van der Waals surface area contributed by atoms with Gasteiger partial charge in [-0.05, 0) is 67.0 Å². The van der Waals surface area contributed by atoms with Crippen molar-refractivity contribution < 1.29 is 9.26 Å². The molecule has 0 saturated heterocycles. The fraction of sp³-hybridized carbons (Fsp3) is 0.276. The maximum Gasteiger partial charge on any atom is 0.143 e. The van der Waals surface area contributed by atoms with Crippen LogP contribution in [0.4, 0.5) is 0 Å². The monoisotopic (exact) mass is 525 g/mol. The molecule has 5 rings (SSSR count). The molecular weight excluding hydrogens is 501 g/mol. The quantitative estimate of drug-likeness (QED) is 0.229. The van der Waals surface area contributed by atoms with E-state index in [0.717, 1.165) is 35.6 Å². The van der Waals surface area contributed by atoms with Gasteiger partial charge in [0.05, 0.1) is 15.6 Å². The number of aromatic nitrogens is 1. The number of benzene rings is 3. The average molecular weight is 527 g/mol. The highest BCUT2D eigenvalue weighted by molar-refractivity contribution is 6.39. The Bertz CT molecular complexity index is 1330. The first-order valence-corrected chi connectivity index (χ1v) is 13.0. The van der Waals surface area contributed by atoms with E-state index in [9.17, 15) is 0 Å². The third-order valence-corrected chi connectivity index (χ3v) is 7.55. The lowest BCUT2D eigenvalue weighted by Crippen LogP contribution is -2.01. The van der Waals surface area contributed by atoms with E-state index in [1.807, 2.05) is 18.2 Å². The predicted molar refractivity (Wildman–Crippen MR) is 143 cm³/mol. The number of hydrogen-bond acceptors (Lipinski definition) is 3. The maximum atomic E-state index is 6.71. The van der Waals surface area contributed by atoms with Gasteiger partial charge in [0.2, 0.25) is 0 Å². The molecule has 1 saturated carbocycles. The number of aryl methyl sites for hydroxylation is 2. The van der Waals surface area contributed by atoms with Gasteiger partial charge in [-0.3, -0.25) is 0 Å². The van der Waals surface area contributed by atoms with Crippen molar-refractivity contribution in [2.45, 2.75) is 51.6 Å². The number of hydrogen-bond donors (Lipinski definition) is 0. The molecule has 2 unspecified atom stereocenters. The van der Waals surface area contributed by atoms with Crippen molar-refractivity contribution in [1.29, 1.82) is 0 Å². The number of halogens is 3. The van der Waals surface area contributed by atoms with Crippen molar-refractivity contribution in [2.75, 3.05) is 0 Å². The molecule has 6 heteroatoms. The van der Waals surface area contributed by atoms with Crippen LogP contribution in [0.3, 0.4) is 0 Å². The summed E-state index contributed by atoms with van der Waals surface area (Å²) in [5.74, 6) is 2.45. The van der Waals surface area contributed by atoms with Crippen molar-refractivity contribution in [2.24, 2.45) is 0 Å². The summed E-state index contributed by atoms with van der Waals surface area (Å²) < 4.78 is 11.8. The Balaban J connectivity index is 1.34. The van der Waals surface area contributed by atoms with Crippen LogP contribution in [-0.4, -0.2) is 5.16 Å². The Morgan fingerprint density at radius 3 is 2.37 bits per heavy atom. The molecule has 0 spiro atoms.